The summed E-state index contributed by atoms with van der Waals surface area (Å²) in [6.07, 6.45) is 10.2. The molecule has 2 aromatic rings. The number of benzene rings is 1. The molecule has 1 heterocycles. The van der Waals surface area contributed by atoms with Gasteiger partial charge in [0.1, 0.15) is 5.75 Å². The maximum Gasteiger partial charge on any atom is 0.261 e. The molecule has 0 unspecified atom stereocenters. The predicted octanol–water partition coefficient (Wildman–Crippen LogP) is 3.28. The summed E-state index contributed by atoms with van der Waals surface area (Å²) in [6.45, 7) is 1.79. The van der Waals surface area contributed by atoms with Gasteiger partial charge >= 0.3 is 0 Å². The topological polar surface area (TPSA) is 56.1 Å². The van der Waals surface area contributed by atoms with Crippen LogP contribution in [0.5, 0.6) is 5.75 Å². The van der Waals surface area contributed by atoms with Crippen LogP contribution in [0.25, 0.3) is 0 Å². The molecule has 3 atom stereocenters. The Kier molecular flexibility index (Phi) is 5.45. The van der Waals surface area contributed by atoms with E-state index in [4.69, 9.17) is 4.74 Å². The minimum atomic E-state index is -0.519. The van der Waals surface area contributed by atoms with Crippen molar-refractivity contribution in [3.8, 4) is 5.75 Å². The molecule has 1 amide bonds. The smallest absolute Gasteiger partial charge is 0.261 e. The number of hydrogen-bond acceptors (Lipinski definition) is 4. The summed E-state index contributed by atoms with van der Waals surface area (Å²) >= 11 is 1.68. The van der Waals surface area contributed by atoms with Gasteiger partial charge in [-0.2, -0.15) is 0 Å². The van der Waals surface area contributed by atoms with E-state index < -0.39 is 6.10 Å². The summed E-state index contributed by atoms with van der Waals surface area (Å²) in [4.78, 5) is 17.8. The third kappa shape index (κ3) is 3.93. The average molecular weight is 345 g/mol. The highest BCUT2D eigenvalue weighted by Gasteiger charge is 2.31. The minimum Gasteiger partial charge on any atom is -0.481 e. The summed E-state index contributed by atoms with van der Waals surface area (Å²) in [5, 5.41) is 3.14. The Hall–Kier alpha value is -1.95. The number of carbonyl (C=O) groups excluding carboxylic acids is 1. The zero-order chi connectivity index (χ0) is 16.9. The van der Waals surface area contributed by atoms with Gasteiger partial charge in [-0.05, 0) is 56.7 Å². The first kappa shape index (κ1) is 16.9. The number of amides is 1. The molecule has 5 nitrogen and oxygen atoms in total. The largest absolute Gasteiger partial charge is 0.481 e. The first-order valence-electron chi connectivity index (χ1n) is 8.26. The fraction of sp³-hybridized carbons (Fsp3) is 0.444. The van der Waals surface area contributed by atoms with Crippen LogP contribution in [0, 0.1) is 0 Å². The lowest BCUT2D eigenvalue weighted by Crippen LogP contribution is -2.44. The number of aromatic nitrogens is 2. The van der Waals surface area contributed by atoms with Crippen molar-refractivity contribution in [2.24, 2.45) is 0 Å². The normalized spacial score (nSPS) is 21.4. The van der Waals surface area contributed by atoms with Crippen LogP contribution in [0.2, 0.25) is 0 Å². The van der Waals surface area contributed by atoms with Crippen LogP contribution >= 0.6 is 11.8 Å². The molecule has 24 heavy (non-hydrogen) atoms. The van der Waals surface area contributed by atoms with Crippen molar-refractivity contribution < 1.29 is 9.53 Å². The lowest BCUT2D eigenvalue weighted by molar-refractivity contribution is -0.128. The van der Waals surface area contributed by atoms with Gasteiger partial charge in [0, 0.05) is 23.3 Å². The first-order valence-corrected chi connectivity index (χ1v) is 9.48. The zero-order valence-corrected chi connectivity index (χ0v) is 14.8. The number of carbonyl (C=O) groups is 1. The maximum absolute atomic E-state index is 12.5. The Balaban J connectivity index is 1.57. The fourth-order valence-corrected chi connectivity index (χ4v) is 3.55. The lowest BCUT2D eigenvalue weighted by atomic mass is 10.1. The van der Waals surface area contributed by atoms with Crippen LogP contribution in [0.4, 0.5) is 0 Å². The quantitative estimate of drug-likeness (QED) is 0.816. The molecule has 1 N–H and O–H groups in total. The first-order chi connectivity index (χ1) is 11.7. The number of hydrogen-bond donors (Lipinski definition) is 1. The van der Waals surface area contributed by atoms with Gasteiger partial charge in [0.25, 0.3) is 5.91 Å². The monoisotopic (exact) mass is 345 g/mol. The summed E-state index contributed by atoms with van der Waals surface area (Å²) in [5.41, 5.74) is 0. The van der Waals surface area contributed by atoms with E-state index in [2.05, 4.69) is 14.9 Å². The van der Waals surface area contributed by atoms with Gasteiger partial charge in [-0.1, -0.05) is 0 Å². The molecule has 1 aliphatic rings. The van der Waals surface area contributed by atoms with Crippen LogP contribution in [-0.4, -0.2) is 33.9 Å². The molecule has 3 rings (SSSR count). The van der Waals surface area contributed by atoms with Crippen molar-refractivity contribution in [3.63, 3.8) is 0 Å². The average Bonchev–Trinajstić information content (AvgIpc) is 3.26. The molecular weight excluding hydrogens is 322 g/mol. The third-order valence-electron chi connectivity index (χ3n) is 4.46. The molecule has 128 valence electrons. The lowest BCUT2D eigenvalue weighted by Gasteiger charge is -2.24. The molecule has 1 saturated carbocycles. The molecule has 6 heteroatoms. The SMILES string of the molecule is CSc1ccc(O[C@H](C)C(=O)N[C@@H]2CCC[C@H]2n2ccnc2)cc1. The molecule has 1 fully saturated rings. The van der Waals surface area contributed by atoms with Gasteiger partial charge in [0.15, 0.2) is 6.10 Å². The van der Waals surface area contributed by atoms with Crippen molar-refractivity contribution in [2.45, 2.75) is 49.3 Å². The molecular formula is C18H23N3O2S. The van der Waals surface area contributed by atoms with Crippen LogP contribution in [0.1, 0.15) is 32.2 Å². The van der Waals surface area contributed by atoms with Crippen molar-refractivity contribution in [2.75, 3.05) is 6.26 Å². The highest BCUT2D eigenvalue weighted by molar-refractivity contribution is 7.98. The zero-order valence-electron chi connectivity index (χ0n) is 14.0. The maximum atomic E-state index is 12.5. The number of thioether (sulfide) groups is 1. The summed E-state index contributed by atoms with van der Waals surface area (Å²) in [5.74, 6) is 0.647. The molecule has 0 bridgehead atoms. The van der Waals surface area contributed by atoms with Crippen LogP contribution < -0.4 is 10.1 Å². The number of imidazole rings is 1. The standard InChI is InChI=1S/C18H23N3O2S/c1-13(23-14-6-8-15(24-2)9-7-14)18(22)20-16-4-3-5-17(16)21-11-10-19-12-21/h6-13,16-17H,3-5H2,1-2H3,(H,20,22)/t13-,16-,17-/m1/s1. The number of nitrogens with zero attached hydrogens (tertiary/aromatic N) is 2. The number of nitrogens with one attached hydrogen (secondary N) is 1. The van der Waals surface area contributed by atoms with E-state index in [1.165, 1.54) is 4.90 Å². The molecule has 1 aliphatic carbocycles. The Bertz CT molecular complexity index is 657. The molecule has 1 aromatic carbocycles. The van der Waals surface area contributed by atoms with Crippen molar-refractivity contribution in [1.82, 2.24) is 14.9 Å². The highest BCUT2D eigenvalue weighted by Crippen LogP contribution is 2.30. The van der Waals surface area contributed by atoms with Gasteiger partial charge in [-0.15, -0.1) is 11.8 Å². The van der Waals surface area contributed by atoms with Gasteiger partial charge in [0.2, 0.25) is 0 Å². The van der Waals surface area contributed by atoms with E-state index in [0.29, 0.717) is 5.75 Å². The van der Waals surface area contributed by atoms with E-state index in [-0.39, 0.29) is 18.0 Å². The van der Waals surface area contributed by atoms with Crippen molar-refractivity contribution in [3.05, 3.63) is 43.0 Å². The molecule has 0 saturated heterocycles. The third-order valence-corrected chi connectivity index (χ3v) is 5.20. The molecule has 0 spiro atoms. The summed E-state index contributed by atoms with van der Waals surface area (Å²) < 4.78 is 7.86. The minimum absolute atomic E-state index is 0.0686. The highest BCUT2D eigenvalue weighted by atomic mass is 32.2. The Morgan fingerprint density at radius 2 is 2.17 bits per heavy atom. The Morgan fingerprint density at radius 3 is 2.83 bits per heavy atom. The fourth-order valence-electron chi connectivity index (χ4n) is 3.14. The predicted molar refractivity (Wildman–Crippen MR) is 95.4 cm³/mol. The van der Waals surface area contributed by atoms with E-state index in [0.717, 1.165) is 19.3 Å². The van der Waals surface area contributed by atoms with Crippen molar-refractivity contribution >= 4 is 17.7 Å². The second-order valence-electron chi connectivity index (χ2n) is 6.06. The second kappa shape index (κ2) is 7.75. The Morgan fingerprint density at radius 1 is 1.38 bits per heavy atom. The number of ether oxygens (including phenoxy) is 1. The van der Waals surface area contributed by atoms with E-state index in [1.807, 2.05) is 43.0 Å². The van der Waals surface area contributed by atoms with E-state index in [1.54, 1.807) is 24.9 Å². The van der Waals surface area contributed by atoms with Gasteiger partial charge in [0.05, 0.1) is 12.4 Å². The van der Waals surface area contributed by atoms with Gasteiger partial charge in [-0.3, -0.25) is 4.79 Å². The van der Waals surface area contributed by atoms with E-state index in [9.17, 15) is 4.79 Å². The molecule has 0 radical (unpaired) electrons. The van der Waals surface area contributed by atoms with E-state index >= 15 is 0 Å². The summed E-state index contributed by atoms with van der Waals surface area (Å²) in [7, 11) is 0. The Labute approximate surface area is 146 Å². The van der Waals surface area contributed by atoms with Crippen LogP contribution in [0.15, 0.2) is 47.9 Å². The van der Waals surface area contributed by atoms with Crippen LogP contribution in [-0.2, 0) is 4.79 Å². The van der Waals surface area contributed by atoms with Crippen molar-refractivity contribution in [1.29, 1.82) is 0 Å². The summed E-state index contributed by atoms with van der Waals surface area (Å²) in [6, 6.07) is 8.22. The van der Waals surface area contributed by atoms with Crippen LogP contribution in [0.3, 0.4) is 0 Å². The number of rotatable bonds is 6. The molecule has 0 aliphatic heterocycles. The second-order valence-corrected chi connectivity index (χ2v) is 6.94. The van der Waals surface area contributed by atoms with Gasteiger partial charge in [-0.25, -0.2) is 4.98 Å². The molecule has 1 aromatic heterocycles. The van der Waals surface area contributed by atoms with Gasteiger partial charge < -0.3 is 14.6 Å².